The van der Waals surface area contributed by atoms with Gasteiger partial charge in [-0.3, -0.25) is 9.59 Å². The third kappa shape index (κ3) is 11.9. The van der Waals surface area contributed by atoms with Gasteiger partial charge in [-0.25, -0.2) is 0 Å². The number of carbonyl (C=O) groups is 2. The maximum atomic E-state index is 14.4. The largest absolute Gasteiger partial charge is 0.459 e. The van der Waals surface area contributed by atoms with Crippen LogP contribution in [-0.4, -0.2) is 155 Å². The Bertz CT molecular complexity index is 1580. The smallest absolute Gasteiger partial charge is 0.311 e. The van der Waals surface area contributed by atoms with Crippen molar-refractivity contribution in [3.63, 3.8) is 0 Å². The highest BCUT2D eigenvalue weighted by Gasteiger charge is 2.54. The molecule has 3 saturated heterocycles. The van der Waals surface area contributed by atoms with Gasteiger partial charge in [-0.1, -0.05) is 51.0 Å². The van der Waals surface area contributed by atoms with Gasteiger partial charge in [0, 0.05) is 37.3 Å². The lowest BCUT2D eigenvalue weighted by atomic mass is 9.73. The highest BCUT2D eigenvalue weighted by molar-refractivity contribution is 5.83. The molecule has 0 bridgehead atoms. The molecule has 61 heavy (non-hydrogen) atoms. The molecule has 3 fully saturated rings. The van der Waals surface area contributed by atoms with Crippen molar-refractivity contribution >= 4 is 18.0 Å². The van der Waals surface area contributed by atoms with Gasteiger partial charge in [-0.15, -0.1) is 0 Å². The van der Waals surface area contributed by atoms with Crippen LogP contribution in [0.25, 0.3) is 0 Å². The summed E-state index contributed by atoms with van der Waals surface area (Å²) in [5.74, 6) is -4.37. The van der Waals surface area contributed by atoms with Gasteiger partial charge >= 0.3 is 5.97 Å². The normalized spacial score (nSPS) is 43.5. The average molecular weight is 867 g/mol. The van der Waals surface area contributed by atoms with E-state index >= 15 is 0 Å². The Morgan fingerprint density at radius 1 is 0.902 bits per heavy atom. The van der Waals surface area contributed by atoms with Crippen molar-refractivity contribution in [2.24, 2.45) is 28.8 Å². The van der Waals surface area contributed by atoms with Gasteiger partial charge in [0.25, 0.3) is 0 Å². The molecule has 1 aromatic carbocycles. The molecule has 0 aliphatic carbocycles. The summed E-state index contributed by atoms with van der Waals surface area (Å²) < 4.78 is 44.9. The number of ketones is 1. The van der Waals surface area contributed by atoms with Crippen LogP contribution in [-0.2, 0) is 42.7 Å². The van der Waals surface area contributed by atoms with Crippen LogP contribution >= 0.6 is 0 Å². The second kappa shape index (κ2) is 21.4. The summed E-state index contributed by atoms with van der Waals surface area (Å²) in [5.41, 5.74) is -4.52. The molecule has 4 rings (SSSR count). The Balaban J connectivity index is 1.90. The summed E-state index contributed by atoms with van der Waals surface area (Å²) in [7, 11) is 5.23. The minimum absolute atomic E-state index is 0.0105. The van der Waals surface area contributed by atoms with Crippen molar-refractivity contribution in [3.05, 3.63) is 30.3 Å². The second-order valence-corrected chi connectivity index (χ2v) is 18.4. The molecule has 16 heteroatoms. The van der Waals surface area contributed by atoms with E-state index in [4.69, 9.17) is 38.0 Å². The average Bonchev–Trinajstić information content (AvgIpc) is 3.22. The summed E-state index contributed by atoms with van der Waals surface area (Å²) in [6, 6.07) is 8.65. The van der Waals surface area contributed by atoms with Gasteiger partial charge in [0.05, 0.1) is 60.5 Å². The van der Waals surface area contributed by atoms with E-state index < -0.39 is 102 Å². The maximum Gasteiger partial charge on any atom is 0.311 e. The Morgan fingerprint density at radius 2 is 1.56 bits per heavy atom. The summed E-state index contributed by atoms with van der Waals surface area (Å²) in [6.07, 6.45) is -8.13. The molecule has 3 aliphatic heterocycles. The molecule has 3 heterocycles. The van der Waals surface area contributed by atoms with E-state index in [1.165, 1.54) is 27.2 Å². The molecule has 0 amide bonds. The Hall–Kier alpha value is -2.61. The first-order valence-electron chi connectivity index (χ1n) is 21.7. The highest BCUT2D eigenvalue weighted by Crippen LogP contribution is 2.42. The summed E-state index contributed by atoms with van der Waals surface area (Å²) in [5, 5.41) is 50.4. The zero-order valence-electron chi connectivity index (χ0n) is 38.4. The van der Waals surface area contributed by atoms with Crippen LogP contribution < -0.4 is 4.84 Å². The zero-order valence-corrected chi connectivity index (χ0v) is 38.4. The molecule has 4 N–H and O–H groups in total. The lowest BCUT2D eigenvalue weighted by Gasteiger charge is -2.50. The zero-order chi connectivity index (χ0) is 45.6. The first-order chi connectivity index (χ1) is 28.5. The fraction of sp³-hybridized carbons (Fsp3) is 0.800. The monoisotopic (exact) mass is 867 g/mol. The van der Waals surface area contributed by atoms with E-state index in [0.717, 1.165) is 0 Å². The minimum atomic E-state index is -2.02. The number of aliphatic hydroxyl groups is 4. The van der Waals surface area contributed by atoms with Gasteiger partial charge in [0.2, 0.25) is 0 Å². The van der Waals surface area contributed by atoms with Crippen molar-refractivity contribution in [1.29, 1.82) is 0 Å². The molecule has 0 spiro atoms. The number of oxime groups is 1. The molecule has 1 aromatic rings. The molecule has 348 valence electrons. The van der Waals surface area contributed by atoms with Crippen molar-refractivity contribution in [2.45, 2.75) is 179 Å². The number of carbonyl (C=O) groups excluding carboxylic acids is 2. The number of ether oxygens (including phenoxy) is 7. The van der Waals surface area contributed by atoms with Gasteiger partial charge < -0.3 is 63.3 Å². The van der Waals surface area contributed by atoms with Gasteiger partial charge in [-0.2, -0.15) is 0 Å². The lowest BCUT2D eigenvalue weighted by molar-refractivity contribution is -0.320. The first kappa shape index (κ1) is 51.0. The number of aliphatic hydroxyl groups excluding tert-OH is 3. The third-order valence-electron chi connectivity index (χ3n) is 13.3. The van der Waals surface area contributed by atoms with Crippen LogP contribution in [0, 0.1) is 23.7 Å². The number of hydrogen-bond donors (Lipinski definition) is 4. The first-order valence-corrected chi connectivity index (χ1v) is 21.7. The summed E-state index contributed by atoms with van der Waals surface area (Å²) in [6.45, 7) is 16.8. The topological polar surface area (TPSA) is 204 Å². The number of methoxy groups -OCH3 is 1. The second-order valence-electron chi connectivity index (χ2n) is 18.4. The Labute approximate surface area is 362 Å². The molecule has 0 saturated carbocycles. The number of benzene rings is 1. The molecule has 0 radical (unpaired) electrons. The summed E-state index contributed by atoms with van der Waals surface area (Å²) >= 11 is 0. The molecular formula is C45H74N2O14. The number of hydrogen-bond acceptors (Lipinski definition) is 16. The quantitative estimate of drug-likeness (QED) is 0.134. The molecule has 16 nitrogen and oxygen atoms in total. The van der Waals surface area contributed by atoms with Crippen molar-refractivity contribution in [1.82, 2.24) is 4.90 Å². The lowest BCUT2D eigenvalue weighted by Crippen LogP contribution is -2.61. The van der Waals surface area contributed by atoms with Crippen LogP contribution in [0.4, 0.5) is 0 Å². The molecule has 18 atom stereocenters. The van der Waals surface area contributed by atoms with E-state index in [2.05, 4.69) is 5.16 Å². The predicted octanol–water partition coefficient (Wildman–Crippen LogP) is 3.87. The number of likely N-dealkylation sites (N-methyl/N-ethyl adjacent to an activating group) is 1. The maximum absolute atomic E-state index is 14.4. The number of Topliss-reactive ketones (excluding diaryl/α,β-unsaturated/α-hetero) is 1. The fourth-order valence-corrected chi connectivity index (χ4v) is 9.36. The van der Waals surface area contributed by atoms with Gasteiger partial charge in [0.1, 0.15) is 29.7 Å². The van der Waals surface area contributed by atoms with Crippen LogP contribution in [0.1, 0.15) is 94.9 Å². The van der Waals surface area contributed by atoms with E-state index in [-0.39, 0.29) is 43.8 Å². The minimum Gasteiger partial charge on any atom is -0.459 e. The van der Waals surface area contributed by atoms with Crippen LogP contribution in [0.5, 0.6) is 5.75 Å². The molecule has 1 unspecified atom stereocenters. The van der Waals surface area contributed by atoms with E-state index in [0.29, 0.717) is 12.2 Å². The predicted molar refractivity (Wildman–Crippen MR) is 226 cm³/mol. The van der Waals surface area contributed by atoms with E-state index in [9.17, 15) is 30.0 Å². The number of esters is 1. The van der Waals surface area contributed by atoms with E-state index in [1.807, 2.05) is 51.0 Å². The number of para-hydroxylation sites is 1. The van der Waals surface area contributed by atoms with Crippen LogP contribution in [0.15, 0.2) is 35.5 Å². The highest BCUT2D eigenvalue weighted by atomic mass is 16.7. The molecule has 0 aromatic heterocycles. The Kier molecular flexibility index (Phi) is 17.9. The number of cyclic esters (lactones) is 1. The van der Waals surface area contributed by atoms with Crippen LogP contribution in [0.2, 0.25) is 0 Å². The molecule has 3 aliphatic rings. The SMILES string of the molecule is CC[C@H]1OC(=O)[C@H](C)[C@@H](O[C@H]2C[C@@](C)(OC)[C@@H](O)[C@H](C)O2)[C@H](C)[C@@H](O[C@@H]2O[C@H](C)C[C@H](N(C)C)[C@H]2O)C(C)(OC/C=N/Oc2ccccc2)C[C@@H](C)C(=O)[C@H](C)[C@@H](O)[C@]1(C)O. The third-order valence-corrected chi connectivity index (χ3v) is 13.3. The van der Waals surface area contributed by atoms with Crippen LogP contribution in [0.3, 0.4) is 0 Å². The van der Waals surface area contributed by atoms with Crippen molar-refractivity contribution in [3.8, 4) is 5.75 Å². The Morgan fingerprint density at radius 3 is 2.16 bits per heavy atom. The summed E-state index contributed by atoms with van der Waals surface area (Å²) in [4.78, 5) is 36.2. The van der Waals surface area contributed by atoms with Gasteiger partial charge in [-0.05, 0) is 87.0 Å². The van der Waals surface area contributed by atoms with Crippen molar-refractivity contribution < 1.29 is 68.0 Å². The standard InChI is InChI=1S/C45H74N2O14/c1-14-33-45(10,53)38(50)27(4)35(48)25(2)23-44(9,55-21-20-46-61-31-18-16-15-17-19-31)40(60-42-36(49)32(47(11)12)22-26(3)56-42)28(5)37(29(6)41(52)58-33)59-34-24-43(8,54-13)39(51)30(7)57-34/h15-20,25-30,32-34,36-40,42,49-51,53H,14,21-24H2,1-13H3/b46-20+/t25-,26-,27+,28+,29-,30+,32+,33-,34+,36-,37+,38-,39+,40-,42+,43-,44?,45-/m1/s1. The van der Waals surface area contributed by atoms with Gasteiger partial charge in [0.15, 0.2) is 18.3 Å². The molecular weight excluding hydrogens is 792 g/mol. The fourth-order valence-electron chi connectivity index (χ4n) is 9.36. The van der Waals surface area contributed by atoms with E-state index in [1.54, 1.807) is 53.7 Å². The van der Waals surface area contributed by atoms with Crippen molar-refractivity contribution in [2.75, 3.05) is 27.8 Å². The number of nitrogens with zero attached hydrogens (tertiary/aromatic N) is 2. The number of rotatable bonds is 12.